The molecule has 7 nitrogen and oxygen atoms in total. The third-order valence-corrected chi connectivity index (χ3v) is 2.23. The maximum absolute atomic E-state index is 11.3. The van der Waals surface area contributed by atoms with Crippen molar-refractivity contribution in [3.05, 3.63) is 22.6 Å². The third kappa shape index (κ3) is 2.03. The molecule has 86 valence electrons. The molecule has 0 aliphatic rings. The molecule has 1 atom stereocenters. The minimum Gasteiger partial charge on any atom is -0.396 e. The summed E-state index contributed by atoms with van der Waals surface area (Å²) in [7, 11) is 0. The summed E-state index contributed by atoms with van der Waals surface area (Å²) in [6.07, 6.45) is 0.625. The SMILES string of the molecule is CC(CCO)Nc1ccc2n[nH]c(=O)n2n1. The Morgan fingerprint density at radius 3 is 3.19 bits per heavy atom. The van der Waals surface area contributed by atoms with Crippen molar-refractivity contribution in [3.63, 3.8) is 0 Å². The summed E-state index contributed by atoms with van der Waals surface area (Å²) in [4.78, 5) is 11.3. The first-order chi connectivity index (χ1) is 7.70. The molecule has 0 saturated carbocycles. The Morgan fingerprint density at radius 1 is 1.62 bits per heavy atom. The summed E-state index contributed by atoms with van der Waals surface area (Å²) in [5.74, 6) is 0.581. The van der Waals surface area contributed by atoms with Crippen LogP contribution in [0.1, 0.15) is 13.3 Å². The molecule has 0 saturated heterocycles. The van der Waals surface area contributed by atoms with Gasteiger partial charge in [-0.25, -0.2) is 9.89 Å². The maximum atomic E-state index is 11.3. The number of H-pyrrole nitrogens is 1. The first kappa shape index (κ1) is 10.6. The fraction of sp³-hybridized carbons (Fsp3) is 0.444. The number of aromatic amines is 1. The van der Waals surface area contributed by atoms with Gasteiger partial charge in [0.05, 0.1) is 0 Å². The minimum absolute atomic E-state index is 0.0950. The van der Waals surface area contributed by atoms with Gasteiger partial charge < -0.3 is 10.4 Å². The van der Waals surface area contributed by atoms with E-state index in [2.05, 4.69) is 20.6 Å². The lowest BCUT2D eigenvalue weighted by Crippen LogP contribution is -2.20. The molecule has 16 heavy (non-hydrogen) atoms. The number of aromatic nitrogens is 4. The van der Waals surface area contributed by atoms with Gasteiger partial charge in [-0.3, -0.25) is 0 Å². The molecule has 2 aromatic rings. The molecule has 0 aliphatic carbocycles. The van der Waals surface area contributed by atoms with Crippen LogP contribution in [0.4, 0.5) is 5.82 Å². The summed E-state index contributed by atoms with van der Waals surface area (Å²) >= 11 is 0. The van der Waals surface area contributed by atoms with Gasteiger partial charge in [0.15, 0.2) is 5.65 Å². The van der Waals surface area contributed by atoms with Gasteiger partial charge in [-0.2, -0.15) is 9.61 Å². The number of nitrogens with zero attached hydrogens (tertiary/aromatic N) is 3. The van der Waals surface area contributed by atoms with Gasteiger partial charge in [0.1, 0.15) is 5.82 Å². The lowest BCUT2D eigenvalue weighted by atomic mass is 10.2. The van der Waals surface area contributed by atoms with Gasteiger partial charge in [-0.1, -0.05) is 0 Å². The van der Waals surface area contributed by atoms with Crippen molar-refractivity contribution in [3.8, 4) is 0 Å². The Kier molecular flexibility index (Phi) is 2.86. The van der Waals surface area contributed by atoms with E-state index in [0.29, 0.717) is 17.9 Å². The van der Waals surface area contributed by atoms with E-state index in [4.69, 9.17) is 5.11 Å². The first-order valence-electron chi connectivity index (χ1n) is 5.02. The normalized spacial score (nSPS) is 12.9. The summed E-state index contributed by atoms with van der Waals surface area (Å²) in [5, 5.41) is 22.0. The highest BCUT2D eigenvalue weighted by molar-refractivity contribution is 5.43. The molecule has 2 rings (SSSR count). The van der Waals surface area contributed by atoms with Gasteiger partial charge >= 0.3 is 5.69 Å². The molecule has 0 amide bonds. The molecule has 2 aromatic heterocycles. The zero-order chi connectivity index (χ0) is 11.5. The van der Waals surface area contributed by atoms with E-state index in [-0.39, 0.29) is 18.3 Å². The molecule has 0 spiro atoms. The minimum atomic E-state index is -0.367. The molecule has 7 heteroatoms. The molecule has 0 aromatic carbocycles. The lowest BCUT2D eigenvalue weighted by Gasteiger charge is -2.12. The Hall–Kier alpha value is -1.89. The molecule has 0 radical (unpaired) electrons. The van der Waals surface area contributed by atoms with Crippen LogP contribution in [0, 0.1) is 0 Å². The second-order valence-electron chi connectivity index (χ2n) is 3.58. The number of hydrogen-bond acceptors (Lipinski definition) is 5. The van der Waals surface area contributed by atoms with Crippen molar-refractivity contribution in [2.75, 3.05) is 11.9 Å². The van der Waals surface area contributed by atoms with Crippen molar-refractivity contribution in [1.82, 2.24) is 19.8 Å². The highest BCUT2D eigenvalue weighted by atomic mass is 16.3. The van der Waals surface area contributed by atoms with Gasteiger partial charge in [-0.05, 0) is 25.5 Å². The van der Waals surface area contributed by atoms with Gasteiger partial charge in [0, 0.05) is 12.6 Å². The Balaban J connectivity index is 2.25. The average Bonchev–Trinajstić information content (AvgIpc) is 2.61. The van der Waals surface area contributed by atoms with Crippen LogP contribution < -0.4 is 11.0 Å². The van der Waals surface area contributed by atoms with Crippen molar-refractivity contribution in [2.24, 2.45) is 0 Å². The van der Waals surface area contributed by atoms with E-state index in [1.165, 1.54) is 4.52 Å². The van der Waals surface area contributed by atoms with Crippen LogP contribution in [0.25, 0.3) is 5.65 Å². The standard InChI is InChI=1S/C9H13N5O2/c1-6(4-5-15)10-7-2-3-8-11-12-9(16)14(8)13-7/h2-3,6,15H,4-5H2,1H3,(H,10,13)(H,12,16). The number of nitrogens with one attached hydrogen (secondary N) is 2. The second-order valence-corrected chi connectivity index (χ2v) is 3.58. The zero-order valence-electron chi connectivity index (χ0n) is 8.84. The number of aliphatic hydroxyl groups is 1. The second kappa shape index (κ2) is 4.31. The van der Waals surface area contributed by atoms with Gasteiger partial charge in [0.2, 0.25) is 0 Å². The molecule has 2 heterocycles. The quantitative estimate of drug-likeness (QED) is 0.655. The Labute approximate surface area is 91.1 Å². The lowest BCUT2D eigenvalue weighted by molar-refractivity contribution is 0.282. The van der Waals surface area contributed by atoms with E-state index in [0.717, 1.165) is 0 Å². The number of fused-ring (bicyclic) bond motifs is 1. The van der Waals surface area contributed by atoms with Gasteiger partial charge in [-0.15, -0.1) is 5.10 Å². The molecule has 0 fully saturated rings. The smallest absolute Gasteiger partial charge is 0.364 e. The van der Waals surface area contributed by atoms with Crippen LogP contribution in [-0.4, -0.2) is 37.6 Å². The third-order valence-electron chi connectivity index (χ3n) is 2.23. The molecule has 0 aliphatic heterocycles. The van der Waals surface area contributed by atoms with Crippen molar-refractivity contribution in [2.45, 2.75) is 19.4 Å². The molecule has 0 bridgehead atoms. The fourth-order valence-corrected chi connectivity index (χ4v) is 1.40. The predicted octanol–water partition coefficient (Wildman–Crippen LogP) is -0.400. The number of hydrogen-bond donors (Lipinski definition) is 3. The summed E-state index contributed by atoms with van der Waals surface area (Å²) in [5.41, 5.74) is 0.110. The zero-order valence-corrected chi connectivity index (χ0v) is 8.84. The van der Waals surface area contributed by atoms with E-state index in [9.17, 15) is 4.79 Å². The molecule has 3 N–H and O–H groups in total. The van der Waals surface area contributed by atoms with E-state index >= 15 is 0 Å². The largest absolute Gasteiger partial charge is 0.396 e. The van der Waals surface area contributed by atoms with E-state index < -0.39 is 0 Å². The highest BCUT2D eigenvalue weighted by Crippen LogP contribution is 2.05. The van der Waals surface area contributed by atoms with E-state index in [1.807, 2.05) is 6.92 Å². The number of rotatable bonds is 4. The Bertz CT molecular complexity index is 532. The predicted molar refractivity (Wildman–Crippen MR) is 58.4 cm³/mol. The number of aliphatic hydroxyl groups excluding tert-OH is 1. The molecular formula is C9H13N5O2. The van der Waals surface area contributed by atoms with Crippen molar-refractivity contribution in [1.29, 1.82) is 0 Å². The summed E-state index contributed by atoms with van der Waals surface area (Å²) in [6.45, 7) is 2.04. The van der Waals surface area contributed by atoms with Crippen LogP contribution in [-0.2, 0) is 0 Å². The monoisotopic (exact) mass is 223 g/mol. The Morgan fingerprint density at radius 2 is 2.44 bits per heavy atom. The van der Waals surface area contributed by atoms with Crippen LogP contribution in [0.5, 0.6) is 0 Å². The molecule has 1 unspecified atom stereocenters. The van der Waals surface area contributed by atoms with Gasteiger partial charge in [0.25, 0.3) is 0 Å². The van der Waals surface area contributed by atoms with Crippen LogP contribution >= 0.6 is 0 Å². The summed E-state index contributed by atoms with van der Waals surface area (Å²) < 4.78 is 1.19. The summed E-state index contributed by atoms with van der Waals surface area (Å²) in [6, 6.07) is 3.53. The number of anilines is 1. The van der Waals surface area contributed by atoms with Crippen molar-refractivity contribution < 1.29 is 5.11 Å². The average molecular weight is 223 g/mol. The topological polar surface area (TPSA) is 95.3 Å². The maximum Gasteiger partial charge on any atom is 0.364 e. The molecular weight excluding hydrogens is 210 g/mol. The highest BCUT2D eigenvalue weighted by Gasteiger charge is 2.05. The van der Waals surface area contributed by atoms with Crippen molar-refractivity contribution >= 4 is 11.5 Å². The van der Waals surface area contributed by atoms with E-state index in [1.54, 1.807) is 12.1 Å². The van der Waals surface area contributed by atoms with Crippen LogP contribution in [0.3, 0.4) is 0 Å². The van der Waals surface area contributed by atoms with Crippen LogP contribution in [0.2, 0.25) is 0 Å². The first-order valence-corrected chi connectivity index (χ1v) is 5.02. The fourth-order valence-electron chi connectivity index (χ4n) is 1.40. The van der Waals surface area contributed by atoms with Crippen LogP contribution in [0.15, 0.2) is 16.9 Å².